The van der Waals surface area contributed by atoms with E-state index in [0.29, 0.717) is 0 Å². The highest BCUT2D eigenvalue weighted by Crippen LogP contribution is 2.27. The van der Waals surface area contributed by atoms with Crippen molar-refractivity contribution in [2.75, 3.05) is 0 Å². The molecule has 0 heterocycles. The molecule has 0 aromatic carbocycles. The molecule has 1 radical (unpaired) electrons. The second-order valence-corrected chi connectivity index (χ2v) is 3.85. The van der Waals surface area contributed by atoms with Crippen LogP contribution in [0.1, 0.15) is 57.8 Å². The molecule has 11 heavy (non-hydrogen) atoms. The molecule has 65 valence electrons. The number of hydrogen-bond donors (Lipinski definition) is 0. The predicted molar refractivity (Wildman–Crippen MR) is 50.4 cm³/mol. The molecule has 0 nitrogen and oxygen atoms in total. The maximum absolute atomic E-state index is 3.87. The molecule has 1 fully saturated rings. The van der Waals surface area contributed by atoms with E-state index in [1.54, 1.807) is 0 Å². The molecule has 1 aliphatic carbocycles. The Labute approximate surface area is 71.4 Å². The molecule has 0 saturated heterocycles. The van der Waals surface area contributed by atoms with E-state index in [9.17, 15) is 0 Å². The van der Waals surface area contributed by atoms with E-state index in [0.717, 1.165) is 12.3 Å². The Kier molecular flexibility index (Phi) is 4.65. The van der Waals surface area contributed by atoms with Gasteiger partial charge >= 0.3 is 0 Å². The van der Waals surface area contributed by atoms with Gasteiger partial charge in [0.15, 0.2) is 0 Å². The third-order valence-electron chi connectivity index (χ3n) is 2.84. The molecule has 0 aromatic rings. The summed E-state index contributed by atoms with van der Waals surface area (Å²) in [5.74, 6) is 1.08. The van der Waals surface area contributed by atoms with Gasteiger partial charge < -0.3 is 0 Å². The van der Waals surface area contributed by atoms with E-state index in [4.69, 9.17) is 0 Å². The van der Waals surface area contributed by atoms with Crippen LogP contribution < -0.4 is 0 Å². The lowest BCUT2D eigenvalue weighted by Gasteiger charge is -2.20. The first-order chi connectivity index (χ1) is 5.43. The smallest absolute Gasteiger partial charge is 0.0414 e. The van der Waals surface area contributed by atoms with Crippen LogP contribution in [0.15, 0.2) is 0 Å². The van der Waals surface area contributed by atoms with E-state index in [1.807, 2.05) is 0 Å². The topological polar surface area (TPSA) is 0 Å². The Balaban J connectivity index is 1.96. The van der Waals surface area contributed by atoms with Crippen molar-refractivity contribution >= 4 is 0 Å². The zero-order valence-corrected chi connectivity index (χ0v) is 7.65. The second-order valence-electron chi connectivity index (χ2n) is 3.85. The largest absolute Gasteiger partial charge is 0.0533 e. The summed E-state index contributed by atoms with van der Waals surface area (Å²) in [6, 6.07) is 0. The lowest BCUT2D eigenvalue weighted by atomic mass is 9.86. The molecule has 1 saturated carbocycles. The van der Waals surface area contributed by atoms with Crippen LogP contribution in [0, 0.1) is 12.8 Å². The summed E-state index contributed by atoms with van der Waals surface area (Å²) < 4.78 is 0. The van der Waals surface area contributed by atoms with Crippen molar-refractivity contribution in [3.63, 3.8) is 0 Å². The lowest BCUT2D eigenvalue weighted by Crippen LogP contribution is -2.05. The molecule has 1 rings (SSSR count). The highest BCUT2D eigenvalue weighted by molar-refractivity contribution is 4.65. The van der Waals surface area contributed by atoms with Crippen molar-refractivity contribution in [3.05, 3.63) is 6.92 Å². The Morgan fingerprint density at radius 3 is 2.36 bits per heavy atom. The zero-order valence-electron chi connectivity index (χ0n) is 7.65. The molecule has 0 amide bonds. The van der Waals surface area contributed by atoms with Gasteiger partial charge in [-0.25, -0.2) is 0 Å². The minimum absolute atomic E-state index is 1.08. The van der Waals surface area contributed by atoms with E-state index < -0.39 is 0 Å². The minimum Gasteiger partial charge on any atom is -0.0533 e. The lowest BCUT2D eigenvalue weighted by molar-refractivity contribution is 0.330. The van der Waals surface area contributed by atoms with Gasteiger partial charge in [0, 0.05) is 0 Å². The first kappa shape index (κ1) is 9.09. The zero-order chi connectivity index (χ0) is 7.94. The second kappa shape index (κ2) is 5.62. The van der Waals surface area contributed by atoms with Crippen molar-refractivity contribution < 1.29 is 0 Å². The SMILES string of the molecule is [CH2]CCCCC1CCCCC1. The number of hydrogen-bond acceptors (Lipinski definition) is 0. The fraction of sp³-hybridized carbons (Fsp3) is 0.909. The number of rotatable bonds is 4. The fourth-order valence-electron chi connectivity index (χ4n) is 2.09. The third-order valence-corrected chi connectivity index (χ3v) is 2.84. The van der Waals surface area contributed by atoms with Crippen LogP contribution in [0.2, 0.25) is 0 Å². The Bertz CT molecular complexity index is 80.0. The van der Waals surface area contributed by atoms with E-state index in [1.165, 1.54) is 51.4 Å². The quantitative estimate of drug-likeness (QED) is 0.536. The highest BCUT2D eigenvalue weighted by atomic mass is 14.2. The Morgan fingerprint density at radius 2 is 1.73 bits per heavy atom. The molecular formula is C11H21. The first-order valence-electron chi connectivity index (χ1n) is 5.22. The van der Waals surface area contributed by atoms with Crippen LogP contribution in [0.5, 0.6) is 0 Å². The summed E-state index contributed by atoms with van der Waals surface area (Å²) in [5.41, 5.74) is 0. The molecule has 0 spiro atoms. The van der Waals surface area contributed by atoms with Crippen molar-refractivity contribution in [1.82, 2.24) is 0 Å². The minimum atomic E-state index is 1.08. The maximum atomic E-state index is 3.87. The van der Waals surface area contributed by atoms with Gasteiger partial charge in [-0.2, -0.15) is 0 Å². The molecule has 0 bridgehead atoms. The highest BCUT2D eigenvalue weighted by Gasteiger charge is 2.11. The van der Waals surface area contributed by atoms with Gasteiger partial charge in [-0.05, 0) is 5.92 Å². The van der Waals surface area contributed by atoms with Gasteiger partial charge in [-0.1, -0.05) is 64.7 Å². The van der Waals surface area contributed by atoms with E-state index in [-0.39, 0.29) is 0 Å². The Hall–Kier alpha value is 0. The summed E-state index contributed by atoms with van der Waals surface area (Å²) in [4.78, 5) is 0. The summed E-state index contributed by atoms with van der Waals surface area (Å²) >= 11 is 0. The monoisotopic (exact) mass is 153 g/mol. The maximum Gasteiger partial charge on any atom is -0.0414 e. The first-order valence-corrected chi connectivity index (χ1v) is 5.22. The third kappa shape index (κ3) is 3.79. The molecule has 0 unspecified atom stereocenters. The molecular weight excluding hydrogens is 132 g/mol. The van der Waals surface area contributed by atoms with Crippen LogP contribution in [-0.4, -0.2) is 0 Å². The summed E-state index contributed by atoms with van der Waals surface area (Å²) in [7, 11) is 0. The van der Waals surface area contributed by atoms with Gasteiger partial charge in [-0.15, -0.1) is 0 Å². The predicted octanol–water partition coefficient (Wildman–Crippen LogP) is 3.96. The molecule has 1 aliphatic rings. The van der Waals surface area contributed by atoms with Crippen molar-refractivity contribution in [3.8, 4) is 0 Å². The molecule has 0 atom stereocenters. The van der Waals surface area contributed by atoms with Gasteiger partial charge in [0.2, 0.25) is 0 Å². The van der Waals surface area contributed by atoms with E-state index >= 15 is 0 Å². The van der Waals surface area contributed by atoms with Crippen LogP contribution >= 0.6 is 0 Å². The van der Waals surface area contributed by atoms with Crippen LogP contribution in [-0.2, 0) is 0 Å². The summed E-state index contributed by atoms with van der Waals surface area (Å²) in [6.07, 6.45) is 12.9. The van der Waals surface area contributed by atoms with Crippen LogP contribution in [0.4, 0.5) is 0 Å². The van der Waals surface area contributed by atoms with E-state index in [2.05, 4.69) is 6.92 Å². The Morgan fingerprint density at radius 1 is 1.00 bits per heavy atom. The normalized spacial score (nSPS) is 20.5. The molecule has 0 heteroatoms. The summed E-state index contributed by atoms with van der Waals surface area (Å²) in [5, 5.41) is 0. The average molecular weight is 153 g/mol. The van der Waals surface area contributed by atoms with Crippen molar-refractivity contribution in [2.24, 2.45) is 5.92 Å². The number of unbranched alkanes of at least 4 members (excludes halogenated alkanes) is 2. The fourth-order valence-corrected chi connectivity index (χ4v) is 2.09. The average Bonchev–Trinajstić information content (AvgIpc) is 2.07. The summed E-state index contributed by atoms with van der Waals surface area (Å²) in [6.45, 7) is 3.87. The van der Waals surface area contributed by atoms with Gasteiger partial charge in [0.25, 0.3) is 0 Å². The molecule has 0 aromatic heterocycles. The van der Waals surface area contributed by atoms with Gasteiger partial charge in [-0.3, -0.25) is 0 Å². The van der Waals surface area contributed by atoms with Crippen LogP contribution in [0.25, 0.3) is 0 Å². The van der Waals surface area contributed by atoms with Gasteiger partial charge in [0.05, 0.1) is 0 Å². The standard InChI is InChI=1S/C11H21/c1-2-3-5-8-11-9-6-4-7-10-11/h11H,1-10H2. The van der Waals surface area contributed by atoms with Crippen LogP contribution in [0.3, 0.4) is 0 Å². The van der Waals surface area contributed by atoms with Gasteiger partial charge in [0.1, 0.15) is 0 Å². The molecule has 0 aliphatic heterocycles. The van der Waals surface area contributed by atoms with Crippen molar-refractivity contribution in [1.29, 1.82) is 0 Å². The van der Waals surface area contributed by atoms with Crippen molar-refractivity contribution in [2.45, 2.75) is 57.8 Å². The molecule has 0 N–H and O–H groups in total.